The Morgan fingerprint density at radius 3 is 2.62 bits per heavy atom. The lowest BCUT2D eigenvalue weighted by molar-refractivity contribution is -0.137. The molecule has 108 valence electrons. The average molecular weight is 293 g/mol. The Balaban J connectivity index is 1.74. The van der Waals surface area contributed by atoms with E-state index in [1.807, 2.05) is 0 Å². The number of rotatable bonds is 3. The molecule has 8 heteroatoms. The van der Waals surface area contributed by atoms with Crippen LogP contribution < -0.4 is 5.32 Å². The predicted octanol–water partition coefficient (Wildman–Crippen LogP) is 2.76. The van der Waals surface area contributed by atoms with E-state index in [0.29, 0.717) is 18.0 Å². The van der Waals surface area contributed by atoms with Crippen molar-refractivity contribution in [1.29, 1.82) is 0 Å². The lowest BCUT2D eigenvalue weighted by Gasteiger charge is -2.09. The molecule has 0 fully saturated rings. The summed E-state index contributed by atoms with van der Waals surface area (Å²) in [5.74, 6) is 0.361. The van der Waals surface area contributed by atoms with Gasteiger partial charge in [0.15, 0.2) is 5.65 Å². The molecule has 0 aliphatic rings. The molecular formula is C13H10F3N5. The average Bonchev–Trinajstić information content (AvgIpc) is 2.93. The van der Waals surface area contributed by atoms with E-state index in [1.165, 1.54) is 6.07 Å². The molecule has 1 N–H and O–H groups in total. The van der Waals surface area contributed by atoms with Crippen molar-refractivity contribution >= 4 is 11.5 Å². The van der Waals surface area contributed by atoms with Gasteiger partial charge in [-0.2, -0.15) is 18.3 Å². The van der Waals surface area contributed by atoms with Crippen molar-refractivity contribution in [3.05, 3.63) is 54.1 Å². The maximum Gasteiger partial charge on any atom is 0.417 e. The monoisotopic (exact) mass is 293 g/mol. The Morgan fingerprint density at radius 2 is 1.90 bits per heavy atom. The fourth-order valence-corrected chi connectivity index (χ4v) is 1.87. The molecule has 0 spiro atoms. The van der Waals surface area contributed by atoms with Gasteiger partial charge in [-0.3, -0.25) is 0 Å². The summed E-state index contributed by atoms with van der Waals surface area (Å²) in [6, 6.07) is 5.83. The molecule has 0 radical (unpaired) electrons. The Kier molecular flexibility index (Phi) is 3.20. The number of aromatic nitrogens is 4. The molecule has 0 atom stereocenters. The fourth-order valence-electron chi connectivity index (χ4n) is 1.87. The summed E-state index contributed by atoms with van der Waals surface area (Å²) in [7, 11) is 0. The van der Waals surface area contributed by atoms with Crippen LogP contribution in [0.1, 0.15) is 11.3 Å². The highest BCUT2D eigenvalue weighted by Gasteiger charge is 2.30. The number of hydrogen-bond donors (Lipinski definition) is 1. The first-order chi connectivity index (χ1) is 10.0. The van der Waals surface area contributed by atoms with E-state index in [9.17, 15) is 13.2 Å². The summed E-state index contributed by atoms with van der Waals surface area (Å²) in [5, 5.41) is 7.08. The predicted molar refractivity (Wildman–Crippen MR) is 69.6 cm³/mol. The van der Waals surface area contributed by atoms with Crippen molar-refractivity contribution in [1.82, 2.24) is 19.6 Å². The van der Waals surface area contributed by atoms with Gasteiger partial charge in [-0.25, -0.2) is 14.5 Å². The lowest BCUT2D eigenvalue weighted by Crippen LogP contribution is -2.09. The van der Waals surface area contributed by atoms with E-state index in [1.54, 1.807) is 29.0 Å². The van der Waals surface area contributed by atoms with Gasteiger partial charge in [0, 0.05) is 18.5 Å². The fraction of sp³-hybridized carbons (Fsp3) is 0.154. The maximum atomic E-state index is 12.4. The zero-order valence-electron chi connectivity index (χ0n) is 10.7. The highest BCUT2D eigenvalue weighted by Crippen LogP contribution is 2.28. The van der Waals surface area contributed by atoms with Crippen LogP contribution in [0, 0.1) is 0 Å². The summed E-state index contributed by atoms with van der Waals surface area (Å²) in [6.45, 7) is 0.374. The van der Waals surface area contributed by atoms with Crippen LogP contribution in [-0.4, -0.2) is 19.6 Å². The summed E-state index contributed by atoms with van der Waals surface area (Å²) in [5.41, 5.74) is 0.757. The number of hydrogen-bond acceptors (Lipinski definition) is 4. The molecule has 3 aromatic rings. The van der Waals surface area contributed by atoms with Crippen molar-refractivity contribution in [3.63, 3.8) is 0 Å². The molecule has 3 rings (SSSR count). The largest absolute Gasteiger partial charge is 0.417 e. The lowest BCUT2D eigenvalue weighted by atomic mass is 10.3. The first-order valence-corrected chi connectivity index (χ1v) is 6.09. The van der Waals surface area contributed by atoms with Crippen LogP contribution in [0.5, 0.6) is 0 Å². The smallest absolute Gasteiger partial charge is 0.364 e. The van der Waals surface area contributed by atoms with Gasteiger partial charge < -0.3 is 5.32 Å². The van der Waals surface area contributed by atoms with Gasteiger partial charge in [0.05, 0.1) is 24.0 Å². The summed E-state index contributed by atoms with van der Waals surface area (Å²) in [4.78, 5) is 7.88. The molecule has 0 aromatic carbocycles. The van der Waals surface area contributed by atoms with Crippen LogP contribution in [0.2, 0.25) is 0 Å². The summed E-state index contributed by atoms with van der Waals surface area (Å²) < 4.78 is 38.9. The maximum absolute atomic E-state index is 12.4. The second-order valence-electron chi connectivity index (χ2n) is 4.32. The topological polar surface area (TPSA) is 55.1 Å². The molecule has 0 bridgehead atoms. The number of nitrogens with zero attached hydrogens (tertiary/aromatic N) is 4. The first kappa shape index (κ1) is 13.3. The highest BCUT2D eigenvalue weighted by molar-refractivity contribution is 5.39. The zero-order chi connectivity index (χ0) is 14.9. The van der Waals surface area contributed by atoms with Gasteiger partial charge in [-0.05, 0) is 18.2 Å². The standard InChI is InChI=1S/C13H10F3N5/c14-13(15,16)9-1-2-11(18-7-9)19-8-10-3-5-17-12-4-6-20-21(10)12/h1-7H,8H2,(H,18,19). The molecule has 0 saturated carbocycles. The van der Waals surface area contributed by atoms with E-state index in [0.717, 1.165) is 18.0 Å². The number of halogens is 3. The van der Waals surface area contributed by atoms with Gasteiger partial charge in [0.1, 0.15) is 5.82 Å². The van der Waals surface area contributed by atoms with Crippen molar-refractivity contribution in [2.24, 2.45) is 0 Å². The second kappa shape index (κ2) is 5.04. The molecule has 3 aromatic heterocycles. The number of pyridine rings is 1. The van der Waals surface area contributed by atoms with Crippen LogP contribution in [0.3, 0.4) is 0 Å². The SMILES string of the molecule is FC(F)(F)c1ccc(NCc2ccnc3ccnn23)nc1. The highest BCUT2D eigenvalue weighted by atomic mass is 19.4. The van der Waals surface area contributed by atoms with Crippen LogP contribution in [0.15, 0.2) is 42.9 Å². The Hall–Kier alpha value is -2.64. The molecule has 21 heavy (non-hydrogen) atoms. The molecule has 0 amide bonds. The van der Waals surface area contributed by atoms with Crippen molar-refractivity contribution in [2.75, 3.05) is 5.32 Å². The molecule has 3 heterocycles. The van der Waals surface area contributed by atoms with Gasteiger partial charge >= 0.3 is 6.18 Å². The number of nitrogens with one attached hydrogen (secondary N) is 1. The molecule has 5 nitrogen and oxygen atoms in total. The molecule has 0 unspecified atom stereocenters. The van der Waals surface area contributed by atoms with E-state index >= 15 is 0 Å². The number of anilines is 1. The number of alkyl halides is 3. The van der Waals surface area contributed by atoms with E-state index in [4.69, 9.17) is 0 Å². The third-order valence-electron chi connectivity index (χ3n) is 2.91. The first-order valence-electron chi connectivity index (χ1n) is 6.09. The Bertz CT molecular complexity index is 748. The third-order valence-corrected chi connectivity index (χ3v) is 2.91. The van der Waals surface area contributed by atoms with Crippen LogP contribution in [-0.2, 0) is 12.7 Å². The second-order valence-corrected chi connectivity index (χ2v) is 4.32. The molecule has 0 aliphatic carbocycles. The molecular weight excluding hydrogens is 283 g/mol. The summed E-state index contributed by atoms with van der Waals surface area (Å²) >= 11 is 0. The van der Waals surface area contributed by atoms with Crippen molar-refractivity contribution < 1.29 is 13.2 Å². The van der Waals surface area contributed by atoms with Crippen molar-refractivity contribution in [3.8, 4) is 0 Å². The van der Waals surface area contributed by atoms with Crippen molar-refractivity contribution in [2.45, 2.75) is 12.7 Å². The minimum atomic E-state index is -4.38. The van der Waals surface area contributed by atoms with Gasteiger partial charge in [-0.15, -0.1) is 0 Å². The molecule has 0 aliphatic heterocycles. The zero-order valence-corrected chi connectivity index (χ0v) is 10.7. The third kappa shape index (κ3) is 2.78. The quantitative estimate of drug-likeness (QED) is 0.806. The van der Waals surface area contributed by atoms with E-state index in [2.05, 4.69) is 20.4 Å². The van der Waals surface area contributed by atoms with Crippen LogP contribution in [0.25, 0.3) is 5.65 Å². The van der Waals surface area contributed by atoms with E-state index < -0.39 is 11.7 Å². The van der Waals surface area contributed by atoms with E-state index in [-0.39, 0.29) is 0 Å². The molecule has 0 saturated heterocycles. The Morgan fingerprint density at radius 1 is 1.05 bits per heavy atom. The van der Waals surface area contributed by atoms with Gasteiger partial charge in [-0.1, -0.05) is 0 Å². The van der Waals surface area contributed by atoms with Crippen LogP contribution in [0.4, 0.5) is 19.0 Å². The van der Waals surface area contributed by atoms with Gasteiger partial charge in [0.25, 0.3) is 0 Å². The number of fused-ring (bicyclic) bond motifs is 1. The minimum absolute atomic E-state index is 0.361. The van der Waals surface area contributed by atoms with Gasteiger partial charge in [0.2, 0.25) is 0 Å². The summed E-state index contributed by atoms with van der Waals surface area (Å²) in [6.07, 6.45) is -0.299. The van der Waals surface area contributed by atoms with Crippen LogP contribution >= 0.6 is 0 Å². The Labute approximate surface area is 117 Å². The minimum Gasteiger partial charge on any atom is -0.364 e. The normalized spacial score (nSPS) is 11.8.